The Bertz CT molecular complexity index is 1030. The molecule has 1 saturated heterocycles. The fourth-order valence-electron chi connectivity index (χ4n) is 4.94. The highest BCUT2D eigenvalue weighted by molar-refractivity contribution is 5.81. The van der Waals surface area contributed by atoms with Crippen LogP contribution in [0.5, 0.6) is 0 Å². The maximum atomic E-state index is 13.5. The Kier molecular flexibility index (Phi) is 4.62. The number of aromatic amines is 1. The summed E-state index contributed by atoms with van der Waals surface area (Å²) in [5, 5.41) is 4.59. The normalized spacial score (nSPS) is 29.3. The monoisotopic (exact) mass is 423 g/mol. The molecule has 1 N–H and O–H groups in total. The van der Waals surface area contributed by atoms with Crippen LogP contribution >= 0.6 is 0 Å². The van der Waals surface area contributed by atoms with Crippen molar-refractivity contribution in [2.24, 2.45) is 5.92 Å². The van der Waals surface area contributed by atoms with Gasteiger partial charge in [-0.2, -0.15) is 5.10 Å². The predicted octanol–water partition coefficient (Wildman–Crippen LogP) is 2.93. The standard InChI is InChI=1S/C20H24F3N5O2/c21-11-5-8-27(10-11)19(30)14-2-1-13(14)16-25-17-15(18(29)26-16)9-24-28(17)12-3-6-20(22,23)7-4-12/h9,11-14H,1-8,10H2,(H,25,26,29)/t11?,13-,14-/m0/s1. The van der Waals surface area contributed by atoms with Crippen molar-refractivity contribution in [3.05, 3.63) is 22.4 Å². The lowest BCUT2D eigenvalue weighted by molar-refractivity contribution is -0.138. The molecule has 30 heavy (non-hydrogen) atoms. The van der Waals surface area contributed by atoms with Crippen LogP contribution in [0.25, 0.3) is 11.0 Å². The molecule has 1 unspecified atom stereocenters. The molecule has 10 heteroatoms. The van der Waals surface area contributed by atoms with Gasteiger partial charge in [-0.1, -0.05) is 0 Å². The summed E-state index contributed by atoms with van der Waals surface area (Å²) in [6.07, 6.45) is 2.33. The van der Waals surface area contributed by atoms with Gasteiger partial charge in [0.15, 0.2) is 5.65 Å². The molecule has 3 heterocycles. The minimum atomic E-state index is -2.65. The molecule has 2 aromatic rings. The maximum Gasteiger partial charge on any atom is 0.262 e. The van der Waals surface area contributed by atoms with E-state index in [1.807, 2.05) is 0 Å². The average Bonchev–Trinajstić information content (AvgIpc) is 3.28. The van der Waals surface area contributed by atoms with Crippen molar-refractivity contribution >= 4 is 16.9 Å². The van der Waals surface area contributed by atoms with E-state index >= 15 is 0 Å². The number of halogens is 3. The van der Waals surface area contributed by atoms with Crippen LogP contribution in [0.3, 0.4) is 0 Å². The first-order chi connectivity index (χ1) is 14.3. The van der Waals surface area contributed by atoms with E-state index in [4.69, 9.17) is 0 Å². The topological polar surface area (TPSA) is 83.9 Å². The summed E-state index contributed by atoms with van der Waals surface area (Å²) in [7, 11) is 0. The third kappa shape index (κ3) is 3.30. The number of carbonyl (C=O) groups excluding carboxylic acids is 1. The molecule has 3 aliphatic rings. The van der Waals surface area contributed by atoms with Gasteiger partial charge in [0.2, 0.25) is 11.8 Å². The number of hydrogen-bond acceptors (Lipinski definition) is 4. The number of hydrogen-bond donors (Lipinski definition) is 1. The molecular formula is C20H24F3N5O2. The van der Waals surface area contributed by atoms with Crippen LogP contribution in [-0.4, -0.2) is 55.7 Å². The summed E-state index contributed by atoms with van der Waals surface area (Å²) in [6, 6.07) is -0.228. The molecular weight excluding hydrogens is 399 g/mol. The Hall–Kier alpha value is -2.39. The van der Waals surface area contributed by atoms with E-state index in [2.05, 4.69) is 15.1 Å². The molecule has 2 aromatic heterocycles. The molecule has 162 valence electrons. The Morgan fingerprint density at radius 2 is 1.93 bits per heavy atom. The lowest BCUT2D eigenvalue weighted by Gasteiger charge is -2.37. The van der Waals surface area contributed by atoms with Crippen LogP contribution < -0.4 is 5.56 Å². The van der Waals surface area contributed by atoms with Crippen LogP contribution in [0, 0.1) is 5.92 Å². The second-order valence-corrected chi connectivity index (χ2v) is 8.83. The number of amides is 1. The van der Waals surface area contributed by atoms with E-state index in [9.17, 15) is 22.8 Å². The van der Waals surface area contributed by atoms with Crippen LogP contribution in [0.2, 0.25) is 0 Å². The van der Waals surface area contributed by atoms with Gasteiger partial charge in [-0.3, -0.25) is 9.59 Å². The molecule has 3 fully saturated rings. The summed E-state index contributed by atoms with van der Waals surface area (Å²) < 4.78 is 42.1. The number of carbonyl (C=O) groups is 1. The van der Waals surface area contributed by atoms with Crippen molar-refractivity contribution in [1.82, 2.24) is 24.6 Å². The van der Waals surface area contributed by atoms with Gasteiger partial charge in [0.25, 0.3) is 5.56 Å². The molecule has 2 saturated carbocycles. The number of rotatable bonds is 3. The summed E-state index contributed by atoms with van der Waals surface area (Å²) in [6.45, 7) is 0.551. The largest absolute Gasteiger partial charge is 0.339 e. The fourth-order valence-corrected chi connectivity index (χ4v) is 4.94. The van der Waals surface area contributed by atoms with E-state index < -0.39 is 12.1 Å². The number of alkyl halides is 3. The zero-order valence-corrected chi connectivity index (χ0v) is 16.5. The quantitative estimate of drug-likeness (QED) is 0.823. The predicted molar refractivity (Wildman–Crippen MR) is 102 cm³/mol. The second kappa shape index (κ2) is 7.09. The zero-order valence-electron chi connectivity index (χ0n) is 16.5. The van der Waals surface area contributed by atoms with Crippen LogP contribution in [0.4, 0.5) is 13.2 Å². The van der Waals surface area contributed by atoms with E-state index in [0.29, 0.717) is 42.7 Å². The van der Waals surface area contributed by atoms with Crippen LogP contribution in [-0.2, 0) is 4.79 Å². The summed E-state index contributed by atoms with van der Waals surface area (Å²) in [5.41, 5.74) is 0.0394. The molecule has 0 bridgehead atoms. The summed E-state index contributed by atoms with van der Waals surface area (Å²) >= 11 is 0. The van der Waals surface area contributed by atoms with E-state index in [1.54, 1.807) is 9.58 Å². The molecule has 7 nitrogen and oxygen atoms in total. The Morgan fingerprint density at radius 3 is 2.57 bits per heavy atom. The van der Waals surface area contributed by atoms with Gasteiger partial charge in [-0.25, -0.2) is 22.8 Å². The van der Waals surface area contributed by atoms with Gasteiger partial charge in [-0.15, -0.1) is 0 Å². The number of likely N-dealkylation sites (tertiary alicyclic amines) is 1. The van der Waals surface area contributed by atoms with Crippen LogP contribution in [0.15, 0.2) is 11.0 Å². The number of fused-ring (bicyclic) bond motifs is 1. The second-order valence-electron chi connectivity index (χ2n) is 8.83. The third-order valence-corrected chi connectivity index (χ3v) is 6.90. The van der Waals surface area contributed by atoms with Crippen molar-refractivity contribution in [2.75, 3.05) is 13.1 Å². The molecule has 5 rings (SSSR count). The highest BCUT2D eigenvalue weighted by atomic mass is 19.3. The van der Waals surface area contributed by atoms with E-state index in [-0.39, 0.29) is 61.6 Å². The van der Waals surface area contributed by atoms with Gasteiger partial charge in [0.1, 0.15) is 17.4 Å². The lowest BCUT2D eigenvalue weighted by Crippen LogP contribution is -2.42. The first-order valence-electron chi connectivity index (χ1n) is 10.6. The first kappa shape index (κ1) is 19.6. The van der Waals surface area contributed by atoms with Gasteiger partial charge in [0.05, 0.1) is 18.8 Å². The molecule has 0 aromatic carbocycles. The molecule has 2 aliphatic carbocycles. The van der Waals surface area contributed by atoms with Gasteiger partial charge in [0, 0.05) is 31.2 Å². The van der Waals surface area contributed by atoms with Gasteiger partial charge < -0.3 is 9.88 Å². The highest BCUT2D eigenvalue weighted by Crippen LogP contribution is 2.43. The Labute approximate surface area is 170 Å². The fraction of sp³-hybridized carbons (Fsp3) is 0.700. The molecule has 1 amide bonds. The molecule has 1 aliphatic heterocycles. The first-order valence-corrected chi connectivity index (χ1v) is 10.6. The summed E-state index contributed by atoms with van der Waals surface area (Å²) in [5.74, 6) is -2.86. The van der Waals surface area contributed by atoms with Crippen molar-refractivity contribution in [3.63, 3.8) is 0 Å². The minimum absolute atomic E-state index is 0.0860. The van der Waals surface area contributed by atoms with Gasteiger partial charge >= 0.3 is 0 Å². The number of H-pyrrole nitrogens is 1. The smallest absolute Gasteiger partial charge is 0.262 e. The average molecular weight is 423 g/mol. The highest BCUT2D eigenvalue weighted by Gasteiger charge is 2.43. The van der Waals surface area contributed by atoms with E-state index in [1.165, 1.54) is 6.20 Å². The van der Waals surface area contributed by atoms with Crippen LogP contribution in [0.1, 0.15) is 62.7 Å². The van der Waals surface area contributed by atoms with Crippen molar-refractivity contribution in [3.8, 4) is 0 Å². The van der Waals surface area contributed by atoms with Gasteiger partial charge in [-0.05, 0) is 32.1 Å². The molecule has 3 atom stereocenters. The Morgan fingerprint density at radius 1 is 1.17 bits per heavy atom. The minimum Gasteiger partial charge on any atom is -0.339 e. The number of nitrogens with zero attached hydrogens (tertiary/aromatic N) is 4. The van der Waals surface area contributed by atoms with E-state index in [0.717, 1.165) is 0 Å². The summed E-state index contributed by atoms with van der Waals surface area (Å²) in [4.78, 5) is 34.3. The van der Waals surface area contributed by atoms with Crippen molar-refractivity contribution in [2.45, 2.75) is 69.0 Å². The molecule has 0 spiro atoms. The lowest BCUT2D eigenvalue weighted by atomic mass is 9.72. The zero-order chi connectivity index (χ0) is 21.0. The molecule has 0 radical (unpaired) electrons. The SMILES string of the molecule is O=C([C@H]1CC[C@@H]1c1nc2c(cnn2C2CCC(F)(F)CC2)c(=O)[nH]1)N1CCC(F)C1. The maximum absolute atomic E-state index is 13.5. The number of nitrogens with one attached hydrogen (secondary N) is 1. The van der Waals surface area contributed by atoms with Crippen molar-refractivity contribution < 1.29 is 18.0 Å². The third-order valence-electron chi connectivity index (χ3n) is 6.90. The number of aromatic nitrogens is 4. The Balaban J connectivity index is 1.42. The van der Waals surface area contributed by atoms with Crippen molar-refractivity contribution in [1.29, 1.82) is 0 Å².